The Morgan fingerprint density at radius 3 is 1.77 bits per heavy atom. The quantitative estimate of drug-likeness (QED) is 0.196. The van der Waals surface area contributed by atoms with E-state index < -0.39 is 30.2 Å². The Morgan fingerprint density at radius 2 is 0.958 bits per heavy atom. The number of nitrogens with zero attached hydrogens (tertiary/aromatic N) is 3. The van der Waals surface area contributed by atoms with Crippen LogP contribution < -0.4 is 0 Å². The first kappa shape index (κ1) is 22.0. The van der Waals surface area contributed by atoms with E-state index in [1.807, 2.05) is 103 Å². The van der Waals surface area contributed by atoms with Crippen molar-refractivity contribution in [2.45, 2.75) is 0 Å². The maximum atomic E-state index is 8.79. The molecule has 0 N–H and O–H groups in total. The van der Waals surface area contributed by atoms with E-state index in [-0.39, 0.29) is 23.0 Å². The van der Waals surface area contributed by atoms with Gasteiger partial charge >= 0.3 is 0 Å². The zero-order valence-electron chi connectivity index (χ0n) is 30.2. The number of aromatic nitrogens is 3. The summed E-state index contributed by atoms with van der Waals surface area (Å²) in [5, 5.41) is 5.67. The van der Waals surface area contributed by atoms with Crippen LogP contribution in [0, 0.1) is 0 Å². The highest BCUT2D eigenvalue weighted by Crippen LogP contribution is 2.42. The lowest BCUT2D eigenvalue weighted by molar-refractivity contribution is 0.669. The second-order valence-electron chi connectivity index (χ2n) is 11.6. The van der Waals surface area contributed by atoms with Gasteiger partial charge in [-0.25, -0.2) is 15.0 Å². The van der Waals surface area contributed by atoms with Gasteiger partial charge in [-0.1, -0.05) is 121 Å². The van der Waals surface area contributed by atoms with Gasteiger partial charge in [-0.05, 0) is 52.2 Å². The Hall–Kier alpha value is -6.59. The van der Waals surface area contributed by atoms with E-state index in [1.54, 1.807) is 0 Å². The third-order valence-corrected chi connectivity index (χ3v) is 8.86. The third kappa shape index (κ3) is 4.08. The van der Waals surface area contributed by atoms with E-state index >= 15 is 0 Å². The summed E-state index contributed by atoms with van der Waals surface area (Å²) in [6.45, 7) is 0. The molecule has 0 aliphatic rings. The van der Waals surface area contributed by atoms with Crippen LogP contribution in [0.25, 0.3) is 99.9 Å². The van der Waals surface area contributed by atoms with Gasteiger partial charge in [0, 0.05) is 32.7 Å². The molecule has 3 heterocycles. The van der Waals surface area contributed by atoms with E-state index in [9.17, 15) is 0 Å². The fraction of sp³-hybridized carbons (Fsp3) is 0. The number of hydrogen-bond acceptors (Lipinski definition) is 5. The van der Waals surface area contributed by atoms with Gasteiger partial charge in [0.1, 0.15) is 22.3 Å². The Balaban J connectivity index is 1.26. The molecular formula is C43H25N3O2. The molecule has 0 fully saturated rings. The lowest BCUT2D eigenvalue weighted by Crippen LogP contribution is -2.01. The van der Waals surface area contributed by atoms with Crippen LogP contribution in [0.5, 0.6) is 0 Å². The molecule has 5 heteroatoms. The van der Waals surface area contributed by atoms with Crippen molar-refractivity contribution in [3.63, 3.8) is 0 Å². The predicted octanol–water partition coefficient (Wildman–Crippen LogP) is 11.5. The Morgan fingerprint density at radius 1 is 0.396 bits per heavy atom. The van der Waals surface area contributed by atoms with Crippen molar-refractivity contribution >= 4 is 54.6 Å². The monoisotopic (exact) mass is 620 g/mol. The van der Waals surface area contributed by atoms with Gasteiger partial charge in [0.2, 0.25) is 0 Å². The molecule has 0 saturated carbocycles. The normalized spacial score (nSPS) is 13.2. The molecular weight excluding hydrogens is 590 g/mol. The van der Waals surface area contributed by atoms with Crippen molar-refractivity contribution in [2.75, 3.05) is 0 Å². The average Bonchev–Trinajstić information content (AvgIpc) is 3.78. The molecule has 0 aliphatic carbocycles. The van der Waals surface area contributed by atoms with Crippen LogP contribution in [-0.2, 0) is 0 Å². The van der Waals surface area contributed by atoms with Crippen LogP contribution >= 0.6 is 0 Å². The molecule has 224 valence electrons. The van der Waals surface area contributed by atoms with E-state index in [2.05, 4.69) is 18.2 Å². The van der Waals surface area contributed by atoms with Crippen LogP contribution in [-0.4, -0.2) is 15.0 Å². The van der Waals surface area contributed by atoms with Gasteiger partial charge in [-0.15, -0.1) is 0 Å². The lowest BCUT2D eigenvalue weighted by Gasteiger charge is -2.14. The highest BCUT2D eigenvalue weighted by atomic mass is 16.3. The molecule has 48 heavy (non-hydrogen) atoms. The molecule has 0 saturated heterocycles. The Kier molecular flexibility index (Phi) is 4.81. The number of para-hydroxylation sites is 3. The SMILES string of the molecule is [2H]c1c([2H])c([2H])c(-c2nc(-c3ccc(-c4cccc5oc6ccccc6c45)c4ccccc34)nc(-c3cccc4c3oc3ccccc34)n2)c([2H])c1[2H]. The van der Waals surface area contributed by atoms with E-state index in [0.29, 0.717) is 22.3 Å². The second-order valence-corrected chi connectivity index (χ2v) is 11.6. The van der Waals surface area contributed by atoms with E-state index in [1.165, 1.54) is 0 Å². The number of benzene rings is 7. The van der Waals surface area contributed by atoms with Crippen molar-refractivity contribution in [3.8, 4) is 45.3 Å². The zero-order valence-corrected chi connectivity index (χ0v) is 25.2. The molecule has 0 atom stereocenters. The first-order valence-electron chi connectivity index (χ1n) is 18.0. The second kappa shape index (κ2) is 10.5. The highest BCUT2D eigenvalue weighted by Gasteiger charge is 2.20. The van der Waals surface area contributed by atoms with Gasteiger partial charge in [-0.2, -0.15) is 0 Å². The molecule has 10 aromatic rings. The standard InChI is InChI=1S/C43H25N3O2/c1-2-12-26(13-3-1)41-44-42(46-43(45-41)35-20-10-19-32-30-16-6-8-21-36(30)48-40(32)35)33-25-24-29(27-14-4-5-15-28(27)33)31-18-11-23-38-39(31)34-17-7-9-22-37(34)47-38/h1-25H/i1D,2D,3D,12D,13D. The number of hydrogen-bond donors (Lipinski definition) is 0. The topological polar surface area (TPSA) is 65.0 Å². The maximum Gasteiger partial charge on any atom is 0.167 e. The summed E-state index contributed by atoms with van der Waals surface area (Å²) >= 11 is 0. The fourth-order valence-electron chi connectivity index (χ4n) is 6.74. The van der Waals surface area contributed by atoms with Gasteiger partial charge < -0.3 is 8.83 Å². The molecule has 0 bridgehead atoms. The summed E-state index contributed by atoms with van der Waals surface area (Å²) in [6, 6.07) is 37.3. The van der Waals surface area contributed by atoms with Gasteiger partial charge in [0.15, 0.2) is 17.5 Å². The minimum atomic E-state index is -0.493. The summed E-state index contributed by atoms with van der Waals surface area (Å²) in [5.74, 6) is 0.474. The fourth-order valence-corrected chi connectivity index (χ4v) is 6.74. The summed E-state index contributed by atoms with van der Waals surface area (Å²) < 4.78 is 55.2. The van der Waals surface area contributed by atoms with Crippen molar-refractivity contribution in [1.82, 2.24) is 15.0 Å². The first-order chi connectivity index (χ1) is 25.9. The third-order valence-electron chi connectivity index (χ3n) is 8.86. The predicted molar refractivity (Wildman–Crippen MR) is 194 cm³/mol. The van der Waals surface area contributed by atoms with E-state index in [4.69, 9.17) is 30.6 Å². The Bertz CT molecular complexity index is 3120. The first-order valence-corrected chi connectivity index (χ1v) is 15.5. The summed E-state index contributed by atoms with van der Waals surface area (Å²) in [4.78, 5) is 14.7. The lowest BCUT2D eigenvalue weighted by atomic mass is 9.92. The van der Waals surface area contributed by atoms with Crippen molar-refractivity contribution < 1.29 is 15.7 Å². The highest BCUT2D eigenvalue weighted by molar-refractivity contribution is 6.16. The van der Waals surface area contributed by atoms with Crippen molar-refractivity contribution in [2.24, 2.45) is 0 Å². The molecule has 7 aromatic carbocycles. The summed E-state index contributed by atoms with van der Waals surface area (Å²) in [6.07, 6.45) is 0. The number of furan rings is 2. The minimum Gasteiger partial charge on any atom is -0.456 e. The largest absolute Gasteiger partial charge is 0.456 e. The van der Waals surface area contributed by atoms with Crippen LogP contribution in [0.3, 0.4) is 0 Å². The molecule has 0 amide bonds. The number of fused-ring (bicyclic) bond motifs is 7. The minimum absolute atomic E-state index is 0.0436. The van der Waals surface area contributed by atoms with Gasteiger partial charge in [0.05, 0.1) is 12.4 Å². The summed E-state index contributed by atoms with van der Waals surface area (Å²) in [7, 11) is 0. The van der Waals surface area contributed by atoms with Gasteiger partial charge in [-0.3, -0.25) is 0 Å². The molecule has 0 unspecified atom stereocenters. The number of rotatable bonds is 4. The summed E-state index contributed by atoms with van der Waals surface area (Å²) in [5.41, 5.74) is 6.04. The van der Waals surface area contributed by atoms with Crippen molar-refractivity contribution in [1.29, 1.82) is 0 Å². The molecule has 5 nitrogen and oxygen atoms in total. The molecule has 10 rings (SSSR count). The Labute approximate surface area is 281 Å². The van der Waals surface area contributed by atoms with Crippen LogP contribution in [0.4, 0.5) is 0 Å². The average molecular weight is 621 g/mol. The van der Waals surface area contributed by atoms with Crippen LogP contribution in [0.2, 0.25) is 0 Å². The van der Waals surface area contributed by atoms with Gasteiger partial charge in [0.25, 0.3) is 0 Å². The smallest absolute Gasteiger partial charge is 0.167 e. The van der Waals surface area contributed by atoms with Crippen LogP contribution in [0.15, 0.2) is 160 Å². The van der Waals surface area contributed by atoms with E-state index in [0.717, 1.165) is 54.6 Å². The zero-order chi connectivity index (χ0) is 36.0. The van der Waals surface area contributed by atoms with Crippen LogP contribution in [0.1, 0.15) is 6.85 Å². The molecule has 0 aliphatic heterocycles. The molecule has 0 radical (unpaired) electrons. The maximum absolute atomic E-state index is 8.79. The molecule has 3 aromatic heterocycles. The van der Waals surface area contributed by atoms with Crippen molar-refractivity contribution in [3.05, 3.63) is 152 Å². The molecule has 0 spiro atoms.